The van der Waals surface area contributed by atoms with E-state index in [0.717, 1.165) is 17.7 Å². The van der Waals surface area contributed by atoms with Crippen LogP contribution in [0.2, 0.25) is 0 Å². The van der Waals surface area contributed by atoms with Crippen LogP contribution in [-0.4, -0.2) is 28.9 Å². The van der Waals surface area contributed by atoms with Crippen molar-refractivity contribution in [2.45, 2.75) is 13.0 Å². The summed E-state index contributed by atoms with van der Waals surface area (Å²) in [5.41, 5.74) is 1.98. The lowest BCUT2D eigenvalue weighted by atomic mass is 10.1. The lowest BCUT2D eigenvalue weighted by Crippen LogP contribution is -2.36. The normalized spacial score (nSPS) is 10.4. The Bertz CT molecular complexity index is 839. The number of hydrogen-bond donors (Lipinski definition) is 0. The first-order chi connectivity index (χ1) is 13.2. The van der Waals surface area contributed by atoms with E-state index in [2.05, 4.69) is 4.98 Å². The second-order valence-electron chi connectivity index (χ2n) is 6.11. The van der Waals surface area contributed by atoms with Crippen LogP contribution in [0.4, 0.5) is 4.39 Å². The van der Waals surface area contributed by atoms with Gasteiger partial charge in [-0.1, -0.05) is 36.4 Å². The molecule has 0 N–H and O–H groups in total. The van der Waals surface area contributed by atoms with Crippen molar-refractivity contribution in [1.82, 2.24) is 9.88 Å². The number of ether oxygens (including phenoxy) is 1. The highest BCUT2D eigenvalue weighted by Crippen LogP contribution is 2.12. The molecule has 0 radical (unpaired) electrons. The molecule has 138 valence electrons. The number of halogens is 1. The summed E-state index contributed by atoms with van der Waals surface area (Å²) in [5, 5.41) is 0. The molecule has 4 nitrogen and oxygen atoms in total. The lowest BCUT2D eigenvalue weighted by molar-refractivity contribution is -0.134. The minimum absolute atomic E-state index is 0.104. The molecule has 1 aromatic heterocycles. The maximum Gasteiger partial charge on any atom is 0.260 e. The SMILES string of the molecule is O=C(COc1ccc(F)cc1)N(CCc1ccccc1)Cc1ccccn1. The van der Waals surface area contributed by atoms with Gasteiger partial charge in [0.25, 0.3) is 5.91 Å². The molecule has 0 spiro atoms. The van der Waals surface area contributed by atoms with Crippen molar-refractivity contribution in [2.24, 2.45) is 0 Å². The van der Waals surface area contributed by atoms with Gasteiger partial charge in [0.05, 0.1) is 12.2 Å². The van der Waals surface area contributed by atoms with Crippen molar-refractivity contribution in [3.63, 3.8) is 0 Å². The van der Waals surface area contributed by atoms with Gasteiger partial charge in [0.2, 0.25) is 0 Å². The molecule has 0 aliphatic heterocycles. The summed E-state index contributed by atoms with van der Waals surface area (Å²) in [6, 6.07) is 21.3. The van der Waals surface area contributed by atoms with E-state index in [1.807, 2.05) is 48.5 Å². The fraction of sp³-hybridized carbons (Fsp3) is 0.182. The van der Waals surface area contributed by atoms with Gasteiger partial charge < -0.3 is 9.64 Å². The minimum Gasteiger partial charge on any atom is -0.484 e. The highest BCUT2D eigenvalue weighted by atomic mass is 19.1. The molecule has 27 heavy (non-hydrogen) atoms. The molecule has 2 aromatic carbocycles. The Morgan fingerprint density at radius 2 is 1.70 bits per heavy atom. The largest absolute Gasteiger partial charge is 0.484 e. The zero-order valence-electron chi connectivity index (χ0n) is 14.9. The molecule has 1 amide bonds. The number of rotatable bonds is 8. The van der Waals surface area contributed by atoms with Gasteiger partial charge in [-0.3, -0.25) is 9.78 Å². The number of amides is 1. The minimum atomic E-state index is -0.340. The number of benzene rings is 2. The number of pyridine rings is 1. The third kappa shape index (κ3) is 5.92. The maximum atomic E-state index is 13.0. The zero-order valence-corrected chi connectivity index (χ0v) is 14.9. The Hall–Kier alpha value is -3.21. The topological polar surface area (TPSA) is 42.4 Å². The highest BCUT2D eigenvalue weighted by Gasteiger charge is 2.15. The van der Waals surface area contributed by atoms with Crippen LogP contribution in [0.25, 0.3) is 0 Å². The molecular weight excluding hydrogens is 343 g/mol. The second-order valence-corrected chi connectivity index (χ2v) is 6.11. The number of carbonyl (C=O) groups is 1. The smallest absolute Gasteiger partial charge is 0.260 e. The quantitative estimate of drug-likeness (QED) is 0.609. The molecule has 0 unspecified atom stereocenters. The summed E-state index contributed by atoms with van der Waals surface area (Å²) in [5.74, 6) is -0.0141. The second kappa shape index (κ2) is 9.48. The van der Waals surface area contributed by atoms with Crippen molar-refractivity contribution in [1.29, 1.82) is 0 Å². The molecule has 0 saturated carbocycles. The van der Waals surface area contributed by atoms with Gasteiger partial charge >= 0.3 is 0 Å². The molecule has 0 saturated heterocycles. The van der Waals surface area contributed by atoms with E-state index in [4.69, 9.17) is 4.74 Å². The molecule has 1 heterocycles. The van der Waals surface area contributed by atoms with Crippen LogP contribution in [0, 0.1) is 5.82 Å². The number of hydrogen-bond acceptors (Lipinski definition) is 3. The van der Waals surface area contributed by atoms with Gasteiger partial charge in [-0.15, -0.1) is 0 Å². The summed E-state index contributed by atoms with van der Waals surface area (Å²) in [4.78, 5) is 18.8. The molecule has 0 aliphatic rings. The van der Waals surface area contributed by atoms with Gasteiger partial charge in [-0.25, -0.2) is 4.39 Å². The average molecular weight is 364 g/mol. The van der Waals surface area contributed by atoms with E-state index < -0.39 is 0 Å². The summed E-state index contributed by atoms with van der Waals surface area (Å²) in [7, 11) is 0. The standard InChI is InChI=1S/C22H21FN2O2/c23-19-9-11-21(12-10-19)27-17-22(26)25(16-20-8-4-5-14-24-20)15-13-18-6-2-1-3-7-18/h1-12,14H,13,15-17H2. The van der Waals surface area contributed by atoms with Crippen molar-refractivity contribution < 1.29 is 13.9 Å². The van der Waals surface area contributed by atoms with E-state index in [1.54, 1.807) is 11.1 Å². The van der Waals surface area contributed by atoms with Crippen LogP contribution in [0.5, 0.6) is 5.75 Å². The molecule has 0 atom stereocenters. The fourth-order valence-electron chi connectivity index (χ4n) is 2.66. The van der Waals surface area contributed by atoms with E-state index in [9.17, 15) is 9.18 Å². The number of carbonyl (C=O) groups excluding carboxylic acids is 1. The van der Waals surface area contributed by atoms with Crippen LogP contribution < -0.4 is 4.74 Å². The van der Waals surface area contributed by atoms with Crippen LogP contribution >= 0.6 is 0 Å². The fourth-order valence-corrected chi connectivity index (χ4v) is 2.66. The Kier molecular flexibility index (Phi) is 6.52. The summed E-state index contributed by atoms with van der Waals surface area (Å²) in [6.07, 6.45) is 2.46. The van der Waals surface area contributed by atoms with E-state index in [0.29, 0.717) is 18.8 Å². The van der Waals surface area contributed by atoms with Gasteiger partial charge in [0, 0.05) is 12.7 Å². The number of aromatic nitrogens is 1. The number of nitrogens with zero attached hydrogens (tertiary/aromatic N) is 2. The predicted octanol–water partition coefficient (Wildman–Crippen LogP) is 3.87. The van der Waals surface area contributed by atoms with Crippen molar-refractivity contribution in [3.05, 3.63) is 96.1 Å². The van der Waals surface area contributed by atoms with Crippen LogP contribution in [0.1, 0.15) is 11.3 Å². The molecule has 0 aliphatic carbocycles. The first-order valence-electron chi connectivity index (χ1n) is 8.81. The Balaban J connectivity index is 1.63. The van der Waals surface area contributed by atoms with E-state index >= 15 is 0 Å². The predicted molar refractivity (Wildman–Crippen MR) is 102 cm³/mol. The monoisotopic (exact) mass is 364 g/mol. The van der Waals surface area contributed by atoms with Crippen LogP contribution in [-0.2, 0) is 17.8 Å². The zero-order chi connectivity index (χ0) is 18.9. The summed E-state index contributed by atoms with van der Waals surface area (Å²) in [6.45, 7) is 0.874. The Morgan fingerprint density at radius 3 is 2.41 bits per heavy atom. The molecule has 0 fully saturated rings. The van der Waals surface area contributed by atoms with Crippen molar-refractivity contribution in [3.8, 4) is 5.75 Å². The molecular formula is C22H21FN2O2. The average Bonchev–Trinajstić information content (AvgIpc) is 2.72. The van der Waals surface area contributed by atoms with Gasteiger partial charge in [0.1, 0.15) is 11.6 Å². The van der Waals surface area contributed by atoms with Gasteiger partial charge in [-0.05, 0) is 48.4 Å². The summed E-state index contributed by atoms with van der Waals surface area (Å²) < 4.78 is 18.5. The molecule has 0 bridgehead atoms. The summed E-state index contributed by atoms with van der Waals surface area (Å²) >= 11 is 0. The van der Waals surface area contributed by atoms with Gasteiger partial charge in [-0.2, -0.15) is 0 Å². The third-order valence-electron chi connectivity index (χ3n) is 4.12. The first-order valence-corrected chi connectivity index (χ1v) is 8.81. The van der Waals surface area contributed by atoms with Crippen LogP contribution in [0.15, 0.2) is 79.0 Å². The van der Waals surface area contributed by atoms with Crippen molar-refractivity contribution >= 4 is 5.91 Å². The Labute approximate surface area is 158 Å². The van der Waals surface area contributed by atoms with Gasteiger partial charge in [0.15, 0.2) is 6.61 Å². The Morgan fingerprint density at radius 1 is 0.963 bits per heavy atom. The van der Waals surface area contributed by atoms with E-state index in [-0.39, 0.29) is 18.3 Å². The molecule has 5 heteroatoms. The molecule has 3 rings (SSSR count). The van der Waals surface area contributed by atoms with Crippen molar-refractivity contribution in [2.75, 3.05) is 13.2 Å². The maximum absolute atomic E-state index is 13.0. The molecule has 3 aromatic rings. The third-order valence-corrected chi connectivity index (χ3v) is 4.12. The van der Waals surface area contributed by atoms with Crippen LogP contribution in [0.3, 0.4) is 0 Å². The highest BCUT2D eigenvalue weighted by molar-refractivity contribution is 5.77. The van der Waals surface area contributed by atoms with E-state index in [1.165, 1.54) is 24.3 Å². The first kappa shape index (κ1) is 18.6. The lowest BCUT2D eigenvalue weighted by Gasteiger charge is -2.22.